The second-order valence-electron chi connectivity index (χ2n) is 7.28. The van der Waals surface area contributed by atoms with Gasteiger partial charge in [-0.3, -0.25) is 4.65 Å². The molecule has 0 saturated carbocycles. The molecule has 2 atom stereocenters. The third-order valence-electron chi connectivity index (χ3n) is 4.63. The number of alkyl halides is 3. The molecule has 1 aromatic carbocycles. The van der Waals surface area contributed by atoms with Gasteiger partial charge in [0.15, 0.2) is 6.61 Å². The number of likely N-dealkylation sites (N-methyl/N-ethyl adjacent to an activating group) is 1. The highest BCUT2D eigenvalue weighted by atomic mass is 32.1. The number of carbonyl (C=O) groups is 1. The number of carbonyl (C=O) groups excluding carboxylic acids is 1. The van der Waals surface area contributed by atoms with Crippen LogP contribution in [0.15, 0.2) is 24.3 Å². The van der Waals surface area contributed by atoms with Crippen LogP contribution >= 0.6 is 11.3 Å². The summed E-state index contributed by atoms with van der Waals surface area (Å²) in [5.41, 5.74) is -0.829. The number of ether oxygens (including phenoxy) is 3. The highest BCUT2D eigenvalue weighted by molar-refractivity contribution is 7.16. The number of benzene rings is 1. The van der Waals surface area contributed by atoms with Crippen LogP contribution in [0.3, 0.4) is 0 Å². The molecule has 1 fully saturated rings. The molecule has 13 heteroatoms. The lowest BCUT2D eigenvalue weighted by Gasteiger charge is -2.37. The van der Waals surface area contributed by atoms with Crippen molar-refractivity contribution in [2.75, 3.05) is 33.5 Å². The van der Waals surface area contributed by atoms with Crippen LogP contribution in [0.1, 0.15) is 25.3 Å². The number of aromatic nitrogens is 2. The smallest absolute Gasteiger partial charge is 0.416 e. The van der Waals surface area contributed by atoms with E-state index in [0.29, 0.717) is 6.61 Å². The fourth-order valence-corrected chi connectivity index (χ4v) is 3.79. The zero-order chi connectivity index (χ0) is 23.4. The lowest BCUT2D eigenvalue weighted by molar-refractivity contribution is -0.155. The van der Waals surface area contributed by atoms with Crippen LogP contribution in [0.25, 0.3) is 0 Å². The first-order valence-corrected chi connectivity index (χ1v) is 10.7. The van der Waals surface area contributed by atoms with E-state index in [4.69, 9.17) is 14.2 Å². The molecule has 176 valence electrons. The van der Waals surface area contributed by atoms with Gasteiger partial charge in [-0.25, -0.2) is 9.69 Å². The van der Waals surface area contributed by atoms with Crippen LogP contribution in [0, 0.1) is 5.21 Å². The molecule has 2 unspecified atom stereocenters. The monoisotopic (exact) mass is 476 g/mol. The number of hydroxylamine groups is 2. The van der Waals surface area contributed by atoms with Crippen LogP contribution in [-0.4, -0.2) is 60.8 Å². The van der Waals surface area contributed by atoms with E-state index in [-0.39, 0.29) is 29.3 Å². The highest BCUT2D eigenvalue weighted by Gasteiger charge is 2.45. The summed E-state index contributed by atoms with van der Waals surface area (Å²) in [6, 6.07) is 3.91. The standard InChI is InChI=1S/C19H23F3N4O5S/c1-3-4-9-29-18-24-23-17(32-18)26(28)12-25(2)10-15(26)31-16(27)11-30-14-7-5-13(6-8-14)19(20,21)22/h5-8,15H,3-4,9-12H2,1-2H3. The Morgan fingerprint density at radius 2 is 2.00 bits per heavy atom. The van der Waals surface area contributed by atoms with Gasteiger partial charge in [0.2, 0.25) is 0 Å². The van der Waals surface area contributed by atoms with E-state index in [9.17, 15) is 23.2 Å². The summed E-state index contributed by atoms with van der Waals surface area (Å²) in [5.74, 6) is -0.758. The van der Waals surface area contributed by atoms with Gasteiger partial charge in [0, 0.05) is 11.3 Å². The van der Waals surface area contributed by atoms with Gasteiger partial charge in [-0.2, -0.15) is 13.2 Å². The summed E-state index contributed by atoms with van der Waals surface area (Å²) < 4.78 is 52.8. The van der Waals surface area contributed by atoms with Gasteiger partial charge in [-0.1, -0.05) is 23.5 Å². The maximum Gasteiger partial charge on any atom is 0.416 e. The second-order valence-corrected chi connectivity index (χ2v) is 8.20. The quantitative estimate of drug-likeness (QED) is 0.235. The third-order valence-corrected chi connectivity index (χ3v) is 5.58. The molecule has 0 N–H and O–H groups in total. The lowest BCUT2D eigenvalue weighted by Crippen LogP contribution is -2.51. The third kappa shape index (κ3) is 5.85. The Hall–Kier alpha value is -2.48. The largest absolute Gasteiger partial charge is 0.622 e. The molecule has 0 bridgehead atoms. The molecule has 0 spiro atoms. The Morgan fingerprint density at radius 3 is 2.66 bits per heavy atom. The molecular weight excluding hydrogens is 453 g/mol. The molecule has 0 radical (unpaired) electrons. The van der Waals surface area contributed by atoms with Crippen molar-refractivity contribution in [3.8, 4) is 10.9 Å². The highest BCUT2D eigenvalue weighted by Crippen LogP contribution is 2.36. The van der Waals surface area contributed by atoms with Gasteiger partial charge in [-0.05, 0) is 37.7 Å². The van der Waals surface area contributed by atoms with Crippen molar-refractivity contribution in [3.63, 3.8) is 0 Å². The van der Waals surface area contributed by atoms with Crippen molar-refractivity contribution in [2.24, 2.45) is 0 Å². The Labute approximate surface area is 186 Å². The minimum Gasteiger partial charge on any atom is -0.622 e. The number of unbranched alkanes of at least 4 members (excludes halogenated alkanes) is 1. The van der Waals surface area contributed by atoms with Crippen molar-refractivity contribution in [3.05, 3.63) is 35.0 Å². The van der Waals surface area contributed by atoms with Crippen molar-refractivity contribution in [1.29, 1.82) is 0 Å². The van der Waals surface area contributed by atoms with E-state index < -0.39 is 35.2 Å². The lowest BCUT2D eigenvalue weighted by atomic mass is 10.2. The zero-order valence-electron chi connectivity index (χ0n) is 17.5. The van der Waals surface area contributed by atoms with Crippen molar-refractivity contribution in [1.82, 2.24) is 19.7 Å². The number of nitrogens with zero attached hydrogens (tertiary/aromatic N) is 4. The Balaban J connectivity index is 1.59. The maximum absolute atomic E-state index is 13.5. The fourth-order valence-electron chi connectivity index (χ4n) is 3.00. The van der Waals surface area contributed by atoms with Crippen molar-refractivity contribution in [2.45, 2.75) is 32.2 Å². The van der Waals surface area contributed by atoms with Crippen LogP contribution < -0.4 is 14.1 Å². The van der Waals surface area contributed by atoms with Crippen LogP contribution in [-0.2, 0) is 15.7 Å². The number of quaternary nitrogens is 1. The van der Waals surface area contributed by atoms with Gasteiger partial charge in [-0.15, -0.1) is 0 Å². The Bertz CT molecular complexity index is 911. The van der Waals surface area contributed by atoms with E-state index >= 15 is 0 Å². The average Bonchev–Trinajstić information content (AvgIpc) is 3.31. The summed E-state index contributed by atoms with van der Waals surface area (Å²) in [4.78, 5) is 13.9. The number of esters is 1. The van der Waals surface area contributed by atoms with E-state index in [1.54, 1.807) is 11.9 Å². The maximum atomic E-state index is 13.5. The average molecular weight is 476 g/mol. The van der Waals surface area contributed by atoms with Gasteiger partial charge in [0.1, 0.15) is 12.4 Å². The van der Waals surface area contributed by atoms with Gasteiger partial charge < -0.3 is 19.4 Å². The summed E-state index contributed by atoms with van der Waals surface area (Å²) in [6.45, 7) is 2.09. The normalized spacial score (nSPS) is 21.5. The molecule has 0 aliphatic carbocycles. The van der Waals surface area contributed by atoms with Crippen LogP contribution in [0.2, 0.25) is 0 Å². The summed E-state index contributed by atoms with van der Waals surface area (Å²) in [7, 11) is 1.71. The zero-order valence-corrected chi connectivity index (χ0v) is 18.3. The molecule has 1 aromatic heterocycles. The number of hydrogen-bond donors (Lipinski definition) is 0. The van der Waals surface area contributed by atoms with E-state index in [0.717, 1.165) is 48.4 Å². The van der Waals surface area contributed by atoms with E-state index in [1.807, 2.05) is 6.92 Å². The Morgan fingerprint density at radius 1 is 1.28 bits per heavy atom. The molecule has 32 heavy (non-hydrogen) atoms. The molecule has 2 heterocycles. The predicted molar refractivity (Wildman–Crippen MR) is 110 cm³/mol. The Kier molecular flexibility index (Phi) is 7.54. The summed E-state index contributed by atoms with van der Waals surface area (Å²) in [6.07, 6.45) is -3.77. The van der Waals surface area contributed by atoms with Gasteiger partial charge in [0.05, 0.1) is 18.7 Å². The molecule has 1 saturated heterocycles. The van der Waals surface area contributed by atoms with Crippen LogP contribution in [0.4, 0.5) is 18.3 Å². The molecule has 1 aliphatic rings. The second kappa shape index (κ2) is 9.98. The number of hydrogen-bond acceptors (Lipinski definition) is 9. The van der Waals surface area contributed by atoms with Crippen molar-refractivity contribution < 1.29 is 32.2 Å². The SMILES string of the molecule is CCCCOc1nnc([N+]2([O-])CN(C)CC2OC(=O)COc2ccc(C(F)(F)F)cc2)s1. The molecule has 1 aliphatic heterocycles. The fraction of sp³-hybridized carbons (Fsp3) is 0.526. The topological polar surface area (TPSA) is 96.8 Å². The minimum absolute atomic E-state index is 0.00129. The molecule has 9 nitrogen and oxygen atoms in total. The summed E-state index contributed by atoms with van der Waals surface area (Å²) in [5, 5.41) is 21.6. The van der Waals surface area contributed by atoms with Gasteiger partial charge in [0.25, 0.3) is 11.4 Å². The summed E-state index contributed by atoms with van der Waals surface area (Å²) >= 11 is 1.000. The van der Waals surface area contributed by atoms with E-state index in [1.165, 1.54) is 0 Å². The van der Waals surface area contributed by atoms with Gasteiger partial charge >= 0.3 is 17.3 Å². The predicted octanol–water partition coefficient (Wildman–Crippen LogP) is 3.39. The van der Waals surface area contributed by atoms with Crippen LogP contribution in [0.5, 0.6) is 10.9 Å². The first-order chi connectivity index (χ1) is 15.1. The first-order valence-electron chi connectivity index (χ1n) is 9.85. The molecule has 2 aromatic rings. The molecular formula is C19H23F3N4O5S. The number of halogens is 3. The number of rotatable bonds is 9. The first kappa shape index (κ1) is 24.2. The minimum atomic E-state index is -4.47. The molecule has 3 rings (SSSR count). The van der Waals surface area contributed by atoms with Crippen molar-refractivity contribution >= 4 is 22.4 Å². The molecule has 0 amide bonds. The van der Waals surface area contributed by atoms with E-state index in [2.05, 4.69) is 10.2 Å².